The average molecular weight is 329 g/mol. The zero-order chi connectivity index (χ0) is 15.5. The fourth-order valence-corrected chi connectivity index (χ4v) is 3.14. The average Bonchev–Trinajstić information content (AvgIpc) is 2.82. The molecule has 1 aromatic heterocycles. The Morgan fingerprint density at radius 1 is 1.43 bits per heavy atom. The summed E-state index contributed by atoms with van der Waals surface area (Å²) in [5, 5.41) is 2.37. The fraction of sp³-hybridized carbons (Fsp3) is 0.167. The van der Waals surface area contributed by atoms with Crippen LogP contribution in [0.4, 0.5) is 4.39 Å². The lowest BCUT2D eigenvalue weighted by Crippen LogP contribution is -2.42. The SMILES string of the molecule is Cc1csc(CC(=O)NNS(=O)(=O)c2cccc(F)c2)n1. The first kappa shape index (κ1) is 15.5. The summed E-state index contributed by atoms with van der Waals surface area (Å²) in [6.07, 6.45) is -0.0375. The van der Waals surface area contributed by atoms with Crippen molar-refractivity contribution >= 4 is 27.3 Å². The molecule has 0 bridgehead atoms. The predicted molar refractivity (Wildman–Crippen MR) is 75.4 cm³/mol. The number of carbonyl (C=O) groups is 1. The van der Waals surface area contributed by atoms with E-state index in [2.05, 4.69) is 10.4 Å². The van der Waals surface area contributed by atoms with E-state index in [0.717, 1.165) is 17.8 Å². The number of carbonyl (C=O) groups excluding carboxylic acids is 1. The molecule has 0 saturated heterocycles. The molecule has 1 amide bonds. The van der Waals surface area contributed by atoms with Crippen LogP contribution in [-0.4, -0.2) is 19.3 Å². The van der Waals surface area contributed by atoms with Gasteiger partial charge in [0, 0.05) is 11.1 Å². The quantitative estimate of drug-likeness (QED) is 0.805. The van der Waals surface area contributed by atoms with Gasteiger partial charge in [-0.25, -0.2) is 17.8 Å². The van der Waals surface area contributed by atoms with E-state index in [1.807, 2.05) is 4.83 Å². The summed E-state index contributed by atoms with van der Waals surface area (Å²) in [5.74, 6) is -1.23. The van der Waals surface area contributed by atoms with Crippen LogP contribution in [0.25, 0.3) is 0 Å². The van der Waals surface area contributed by atoms with Crippen LogP contribution in [0.5, 0.6) is 0 Å². The number of thiazole rings is 1. The van der Waals surface area contributed by atoms with E-state index in [4.69, 9.17) is 0 Å². The number of hydrogen-bond donors (Lipinski definition) is 2. The van der Waals surface area contributed by atoms with E-state index in [9.17, 15) is 17.6 Å². The largest absolute Gasteiger partial charge is 0.277 e. The van der Waals surface area contributed by atoms with Crippen molar-refractivity contribution in [3.63, 3.8) is 0 Å². The van der Waals surface area contributed by atoms with Crippen LogP contribution in [0.2, 0.25) is 0 Å². The molecule has 0 aliphatic rings. The van der Waals surface area contributed by atoms with Crippen molar-refractivity contribution in [3.8, 4) is 0 Å². The number of rotatable bonds is 5. The van der Waals surface area contributed by atoms with Crippen molar-refractivity contribution in [2.75, 3.05) is 0 Å². The Hall–Kier alpha value is -1.84. The summed E-state index contributed by atoms with van der Waals surface area (Å²) in [4.78, 5) is 17.4. The van der Waals surface area contributed by atoms with Crippen LogP contribution in [0.15, 0.2) is 34.5 Å². The van der Waals surface area contributed by atoms with Crippen LogP contribution >= 0.6 is 11.3 Å². The lowest BCUT2D eigenvalue weighted by molar-refractivity contribution is -0.120. The van der Waals surface area contributed by atoms with Gasteiger partial charge in [-0.1, -0.05) is 6.07 Å². The molecule has 21 heavy (non-hydrogen) atoms. The third-order valence-corrected chi connectivity index (χ3v) is 4.62. The van der Waals surface area contributed by atoms with Crippen molar-refractivity contribution < 1.29 is 17.6 Å². The molecular weight excluding hydrogens is 317 g/mol. The Morgan fingerprint density at radius 2 is 2.19 bits per heavy atom. The van der Waals surface area contributed by atoms with Crippen LogP contribution in [0, 0.1) is 12.7 Å². The van der Waals surface area contributed by atoms with Crippen LogP contribution in [0.3, 0.4) is 0 Å². The van der Waals surface area contributed by atoms with Crippen LogP contribution < -0.4 is 10.3 Å². The van der Waals surface area contributed by atoms with Gasteiger partial charge in [-0.05, 0) is 25.1 Å². The molecule has 0 spiro atoms. The van der Waals surface area contributed by atoms with Gasteiger partial charge in [-0.3, -0.25) is 10.2 Å². The number of sulfonamides is 1. The maximum Gasteiger partial charge on any atom is 0.257 e. The Balaban J connectivity index is 1.97. The van der Waals surface area contributed by atoms with Crippen molar-refractivity contribution in [2.45, 2.75) is 18.2 Å². The summed E-state index contributed by atoms with van der Waals surface area (Å²) in [6, 6.07) is 4.48. The normalized spacial score (nSPS) is 11.3. The fourth-order valence-electron chi connectivity index (χ4n) is 1.48. The van der Waals surface area contributed by atoms with Gasteiger partial charge in [-0.15, -0.1) is 16.2 Å². The van der Waals surface area contributed by atoms with E-state index in [-0.39, 0.29) is 11.3 Å². The lowest BCUT2D eigenvalue weighted by Gasteiger charge is -2.07. The zero-order valence-corrected chi connectivity index (χ0v) is 12.6. The van der Waals surface area contributed by atoms with E-state index in [1.165, 1.54) is 23.5 Å². The molecule has 0 saturated carbocycles. The minimum atomic E-state index is -4.00. The number of hydrogen-bond acceptors (Lipinski definition) is 5. The summed E-state index contributed by atoms with van der Waals surface area (Å²) in [7, 11) is -4.00. The Morgan fingerprint density at radius 3 is 2.81 bits per heavy atom. The molecule has 112 valence electrons. The standard InChI is InChI=1S/C12H12FN3O3S2/c1-8-7-20-12(14-8)6-11(17)15-16-21(18,19)10-4-2-3-9(13)5-10/h2-5,7,16H,6H2,1H3,(H,15,17). The second-order valence-electron chi connectivity index (χ2n) is 4.17. The Labute approximate surface area is 125 Å². The number of nitrogens with one attached hydrogen (secondary N) is 2. The molecule has 1 aromatic carbocycles. The van der Waals surface area contributed by atoms with Gasteiger partial charge in [0.15, 0.2) is 0 Å². The van der Waals surface area contributed by atoms with E-state index >= 15 is 0 Å². The second kappa shape index (κ2) is 6.29. The minimum Gasteiger partial charge on any atom is -0.277 e. The number of nitrogens with zero attached hydrogens (tertiary/aromatic N) is 1. The topological polar surface area (TPSA) is 88.2 Å². The molecule has 0 atom stereocenters. The highest BCUT2D eigenvalue weighted by molar-refractivity contribution is 7.89. The molecule has 6 nitrogen and oxygen atoms in total. The molecule has 9 heteroatoms. The second-order valence-corrected chi connectivity index (χ2v) is 6.80. The summed E-state index contributed by atoms with van der Waals surface area (Å²) in [5.41, 5.74) is 2.86. The van der Waals surface area contributed by atoms with E-state index in [0.29, 0.717) is 5.01 Å². The number of amides is 1. The predicted octanol–water partition coefficient (Wildman–Crippen LogP) is 1.14. The van der Waals surface area contributed by atoms with Crippen molar-refractivity contribution in [2.24, 2.45) is 0 Å². The molecule has 2 aromatic rings. The summed E-state index contributed by atoms with van der Waals surface area (Å²) < 4.78 is 36.7. The van der Waals surface area contributed by atoms with Gasteiger partial charge in [0.1, 0.15) is 10.8 Å². The highest BCUT2D eigenvalue weighted by Gasteiger charge is 2.16. The van der Waals surface area contributed by atoms with Gasteiger partial charge in [-0.2, -0.15) is 0 Å². The molecule has 0 unspecified atom stereocenters. The first-order valence-electron chi connectivity index (χ1n) is 5.84. The van der Waals surface area contributed by atoms with Gasteiger partial charge in [0.2, 0.25) is 5.91 Å². The molecule has 2 N–H and O–H groups in total. The number of benzene rings is 1. The van der Waals surface area contributed by atoms with E-state index in [1.54, 1.807) is 12.3 Å². The highest BCUT2D eigenvalue weighted by atomic mass is 32.2. The number of aromatic nitrogens is 1. The zero-order valence-electron chi connectivity index (χ0n) is 11.0. The third-order valence-electron chi connectivity index (χ3n) is 2.41. The maximum absolute atomic E-state index is 13.0. The van der Waals surface area contributed by atoms with Gasteiger partial charge in [0.25, 0.3) is 10.0 Å². The summed E-state index contributed by atoms with van der Waals surface area (Å²) >= 11 is 1.31. The smallest absolute Gasteiger partial charge is 0.257 e. The number of halogens is 1. The van der Waals surface area contributed by atoms with Gasteiger partial charge >= 0.3 is 0 Å². The third kappa shape index (κ3) is 4.31. The van der Waals surface area contributed by atoms with Crippen molar-refractivity contribution in [1.29, 1.82) is 0 Å². The molecule has 2 rings (SSSR count). The lowest BCUT2D eigenvalue weighted by atomic mass is 10.4. The minimum absolute atomic E-state index is 0.0375. The first-order valence-corrected chi connectivity index (χ1v) is 8.20. The Kier molecular flexibility index (Phi) is 4.66. The highest BCUT2D eigenvalue weighted by Crippen LogP contribution is 2.10. The van der Waals surface area contributed by atoms with Crippen molar-refractivity contribution in [3.05, 3.63) is 46.2 Å². The molecule has 0 fully saturated rings. The van der Waals surface area contributed by atoms with Crippen molar-refractivity contribution in [1.82, 2.24) is 15.2 Å². The Bertz CT molecular complexity index is 759. The summed E-state index contributed by atoms with van der Waals surface area (Å²) in [6.45, 7) is 1.80. The first-order chi connectivity index (χ1) is 9.87. The molecular formula is C12H12FN3O3S2. The molecule has 1 heterocycles. The maximum atomic E-state index is 13.0. The van der Waals surface area contributed by atoms with Gasteiger partial charge in [0.05, 0.1) is 11.3 Å². The van der Waals surface area contributed by atoms with Crippen LogP contribution in [-0.2, 0) is 21.2 Å². The van der Waals surface area contributed by atoms with Crippen LogP contribution in [0.1, 0.15) is 10.7 Å². The number of hydrazine groups is 1. The van der Waals surface area contributed by atoms with Gasteiger partial charge < -0.3 is 0 Å². The molecule has 0 aliphatic heterocycles. The van der Waals surface area contributed by atoms with E-state index < -0.39 is 21.7 Å². The molecule has 0 aliphatic carbocycles. The number of aryl methyl sites for hydroxylation is 1. The molecule has 0 radical (unpaired) electrons. The monoisotopic (exact) mass is 329 g/mol.